The third kappa shape index (κ3) is 3.11. The predicted octanol–water partition coefficient (Wildman–Crippen LogP) is 4.91. The Labute approximate surface area is 173 Å². The van der Waals surface area contributed by atoms with Crippen LogP contribution in [-0.2, 0) is 17.8 Å². The van der Waals surface area contributed by atoms with Gasteiger partial charge in [-0.05, 0) is 78.7 Å². The van der Waals surface area contributed by atoms with Gasteiger partial charge in [-0.25, -0.2) is 0 Å². The Morgan fingerprint density at radius 2 is 1.97 bits per heavy atom. The number of ether oxygens (including phenoxy) is 1. The van der Waals surface area contributed by atoms with Crippen LogP contribution in [0.2, 0.25) is 0 Å². The summed E-state index contributed by atoms with van der Waals surface area (Å²) in [5.74, 6) is 2.66. The molecule has 0 radical (unpaired) electrons. The van der Waals surface area contributed by atoms with E-state index in [2.05, 4.69) is 37.3 Å². The Balaban J connectivity index is 1.35. The molecule has 2 aromatic rings. The maximum Gasteiger partial charge on any atom is 0.144 e. The van der Waals surface area contributed by atoms with Gasteiger partial charge in [0.2, 0.25) is 0 Å². The van der Waals surface area contributed by atoms with Crippen LogP contribution in [0.3, 0.4) is 0 Å². The van der Waals surface area contributed by atoms with Crippen LogP contribution in [0.1, 0.15) is 55.2 Å². The molecule has 2 aromatic carbocycles. The van der Waals surface area contributed by atoms with Gasteiger partial charge in [0.1, 0.15) is 18.1 Å². The molecule has 3 aliphatic rings. The Hall–Kier alpha value is -2.13. The zero-order valence-electron chi connectivity index (χ0n) is 17.1. The fraction of sp³-hybridized carbons (Fsp3) is 0.500. The van der Waals surface area contributed by atoms with Crippen LogP contribution < -0.4 is 4.74 Å². The van der Waals surface area contributed by atoms with Crippen molar-refractivity contribution in [2.24, 2.45) is 23.2 Å². The Morgan fingerprint density at radius 3 is 2.76 bits per heavy atom. The Morgan fingerprint density at radius 1 is 1.14 bits per heavy atom. The van der Waals surface area contributed by atoms with Crippen molar-refractivity contribution in [2.45, 2.75) is 51.6 Å². The maximum atomic E-state index is 12.9. The van der Waals surface area contributed by atoms with Crippen LogP contribution >= 0.6 is 0 Å². The maximum absolute atomic E-state index is 12.9. The molecule has 3 aliphatic carbocycles. The molecule has 1 N–H and O–H groups in total. The van der Waals surface area contributed by atoms with Crippen LogP contribution in [0.15, 0.2) is 48.5 Å². The van der Waals surface area contributed by atoms with Gasteiger partial charge in [-0.3, -0.25) is 4.79 Å². The number of fused-ring (bicyclic) bond motifs is 5. The minimum absolute atomic E-state index is 0.0149. The quantitative estimate of drug-likeness (QED) is 0.807. The van der Waals surface area contributed by atoms with Crippen molar-refractivity contribution in [1.82, 2.24) is 0 Å². The second kappa shape index (κ2) is 7.28. The number of benzene rings is 2. The second-order valence-electron chi connectivity index (χ2n) is 9.49. The zero-order valence-corrected chi connectivity index (χ0v) is 17.1. The Kier molecular flexibility index (Phi) is 4.74. The largest absolute Gasteiger partial charge is 0.489 e. The van der Waals surface area contributed by atoms with Gasteiger partial charge < -0.3 is 9.84 Å². The molecule has 3 heteroatoms. The molecule has 5 rings (SSSR count). The standard InChI is InChI=1S/C26H30O3/c1-26-12-11-22-21-10-8-20(29-16-17-5-3-2-4-6-17)13-18(21)7-9-23(22)24(26)14-19(15-27)25(26)28/h2-6,8,10,13,19,22-24,27H,7,9,11-12,14-16H2,1H3/t19-,22+,23+,24-,26+/m0/s1. The number of hydrogen-bond acceptors (Lipinski definition) is 3. The number of ketones is 1. The average Bonchev–Trinajstić information content (AvgIpc) is 3.03. The fourth-order valence-corrected chi connectivity index (χ4v) is 6.49. The SMILES string of the molecule is C[C@@]12CC[C@@H]3c4ccc(OCc5ccccc5)cc4CC[C@H]3[C@@H]1C[C@@H](CO)C2=O. The van der Waals surface area contributed by atoms with E-state index in [9.17, 15) is 9.90 Å². The van der Waals surface area contributed by atoms with Gasteiger partial charge in [0.05, 0.1) is 6.61 Å². The third-order valence-electron chi connectivity index (χ3n) is 8.03. The summed E-state index contributed by atoms with van der Waals surface area (Å²) < 4.78 is 6.05. The molecule has 0 saturated heterocycles. The van der Waals surface area contributed by atoms with Crippen molar-refractivity contribution >= 4 is 5.78 Å². The van der Waals surface area contributed by atoms with Gasteiger partial charge in [-0.15, -0.1) is 0 Å². The molecule has 0 aliphatic heterocycles. The summed E-state index contributed by atoms with van der Waals surface area (Å²) in [6.07, 6.45) is 5.12. The van der Waals surface area contributed by atoms with Crippen molar-refractivity contribution in [2.75, 3.05) is 6.61 Å². The van der Waals surface area contributed by atoms with Crippen molar-refractivity contribution in [3.63, 3.8) is 0 Å². The first-order chi connectivity index (χ1) is 14.1. The number of aryl methyl sites for hydroxylation is 1. The van der Waals surface area contributed by atoms with Gasteiger partial charge in [0.25, 0.3) is 0 Å². The van der Waals surface area contributed by atoms with Crippen LogP contribution in [0, 0.1) is 23.2 Å². The summed E-state index contributed by atoms with van der Waals surface area (Å²) in [5.41, 5.74) is 3.85. The molecular weight excluding hydrogens is 360 g/mol. The van der Waals surface area contributed by atoms with Gasteiger partial charge in [0.15, 0.2) is 0 Å². The number of carbonyl (C=O) groups is 1. The van der Waals surface area contributed by atoms with E-state index >= 15 is 0 Å². The highest BCUT2D eigenvalue weighted by atomic mass is 16.5. The minimum Gasteiger partial charge on any atom is -0.489 e. The lowest BCUT2D eigenvalue weighted by Gasteiger charge is -2.48. The highest BCUT2D eigenvalue weighted by Crippen LogP contribution is 2.60. The molecule has 0 aromatic heterocycles. The van der Waals surface area contributed by atoms with Crippen molar-refractivity contribution in [3.05, 3.63) is 65.2 Å². The normalized spacial score (nSPS) is 33.0. The summed E-state index contributed by atoms with van der Waals surface area (Å²) in [6, 6.07) is 16.9. The van der Waals surface area contributed by atoms with E-state index in [0.29, 0.717) is 30.1 Å². The first-order valence-corrected chi connectivity index (χ1v) is 11.0. The zero-order chi connectivity index (χ0) is 20.0. The number of aliphatic hydroxyl groups excluding tert-OH is 1. The predicted molar refractivity (Wildman–Crippen MR) is 113 cm³/mol. The monoisotopic (exact) mass is 390 g/mol. The molecular formula is C26H30O3. The highest BCUT2D eigenvalue weighted by Gasteiger charge is 2.57. The second-order valence-corrected chi connectivity index (χ2v) is 9.49. The molecule has 0 heterocycles. The average molecular weight is 391 g/mol. The lowest BCUT2D eigenvalue weighted by atomic mass is 9.55. The van der Waals surface area contributed by atoms with Crippen molar-refractivity contribution in [3.8, 4) is 5.75 Å². The lowest BCUT2D eigenvalue weighted by molar-refractivity contribution is -0.132. The topological polar surface area (TPSA) is 46.5 Å². The van der Waals surface area contributed by atoms with E-state index in [4.69, 9.17) is 4.74 Å². The van der Waals surface area contributed by atoms with E-state index < -0.39 is 0 Å². The Bertz CT molecular complexity index is 905. The summed E-state index contributed by atoms with van der Waals surface area (Å²) in [7, 11) is 0. The molecule has 2 fully saturated rings. The summed E-state index contributed by atoms with van der Waals surface area (Å²) >= 11 is 0. The molecule has 152 valence electrons. The van der Waals surface area contributed by atoms with E-state index in [0.717, 1.165) is 37.9 Å². The number of carbonyl (C=O) groups excluding carboxylic acids is 1. The van der Waals surface area contributed by atoms with Gasteiger partial charge in [-0.2, -0.15) is 0 Å². The summed E-state index contributed by atoms with van der Waals surface area (Å²) in [4.78, 5) is 12.9. The number of rotatable bonds is 4. The van der Waals surface area contributed by atoms with Gasteiger partial charge >= 0.3 is 0 Å². The summed E-state index contributed by atoms with van der Waals surface area (Å²) in [5, 5.41) is 9.68. The first-order valence-electron chi connectivity index (χ1n) is 11.0. The van der Waals surface area contributed by atoms with Gasteiger partial charge in [-0.1, -0.05) is 43.3 Å². The van der Waals surface area contributed by atoms with E-state index in [1.807, 2.05) is 18.2 Å². The van der Waals surface area contributed by atoms with Crippen molar-refractivity contribution < 1.29 is 14.6 Å². The molecule has 5 atom stereocenters. The van der Waals surface area contributed by atoms with Crippen molar-refractivity contribution in [1.29, 1.82) is 0 Å². The number of Topliss-reactive ketones (excluding diaryl/α,β-unsaturated/α-hetero) is 1. The summed E-state index contributed by atoms with van der Waals surface area (Å²) in [6.45, 7) is 2.78. The van der Waals surface area contributed by atoms with E-state index in [1.165, 1.54) is 16.7 Å². The van der Waals surface area contributed by atoms with Gasteiger partial charge in [0, 0.05) is 11.3 Å². The third-order valence-corrected chi connectivity index (χ3v) is 8.03. The molecule has 2 saturated carbocycles. The van der Waals surface area contributed by atoms with Crippen LogP contribution in [0.25, 0.3) is 0 Å². The minimum atomic E-state index is -0.217. The fourth-order valence-electron chi connectivity index (χ4n) is 6.49. The molecule has 0 spiro atoms. The van der Waals surface area contributed by atoms with Crippen LogP contribution in [-0.4, -0.2) is 17.5 Å². The molecule has 0 amide bonds. The molecule has 0 bridgehead atoms. The first kappa shape index (κ1) is 18.9. The number of aliphatic hydroxyl groups is 1. The highest BCUT2D eigenvalue weighted by molar-refractivity contribution is 5.89. The molecule has 29 heavy (non-hydrogen) atoms. The smallest absolute Gasteiger partial charge is 0.144 e. The lowest BCUT2D eigenvalue weighted by Crippen LogP contribution is -2.42. The van der Waals surface area contributed by atoms with E-state index in [-0.39, 0.29) is 17.9 Å². The van der Waals surface area contributed by atoms with E-state index in [1.54, 1.807) is 0 Å². The molecule has 3 nitrogen and oxygen atoms in total. The van der Waals surface area contributed by atoms with Crippen LogP contribution in [0.4, 0.5) is 0 Å². The molecule has 0 unspecified atom stereocenters. The number of hydrogen-bond donors (Lipinski definition) is 1. The van der Waals surface area contributed by atoms with Crippen LogP contribution in [0.5, 0.6) is 5.75 Å².